The molecule has 0 aliphatic heterocycles. The first kappa shape index (κ1) is 17.1. The first-order valence-electron chi connectivity index (χ1n) is 6.48. The van der Waals surface area contributed by atoms with Gasteiger partial charge in [0.25, 0.3) is 0 Å². The van der Waals surface area contributed by atoms with Crippen LogP contribution in [0.25, 0.3) is 0 Å². The number of carbonyl (C=O) groups excluding carboxylic acids is 1. The van der Waals surface area contributed by atoms with E-state index >= 15 is 0 Å². The number of rotatable bonds is 5. The van der Waals surface area contributed by atoms with Crippen LogP contribution in [0, 0.1) is 5.82 Å². The summed E-state index contributed by atoms with van der Waals surface area (Å²) in [7, 11) is 1.82. The molecule has 1 aromatic carbocycles. The number of nitrogens with zero attached hydrogens (tertiary/aromatic N) is 2. The number of likely N-dealkylation sites (N-methyl/N-ethyl adjacent to an activating group) is 1. The number of hydrogen-bond donors (Lipinski definition) is 1. The Morgan fingerprint density at radius 1 is 1.32 bits per heavy atom. The van der Waals surface area contributed by atoms with Crippen molar-refractivity contribution in [3.8, 4) is 0 Å². The fourth-order valence-corrected chi connectivity index (χ4v) is 2.58. The van der Waals surface area contributed by atoms with Crippen LogP contribution in [0.4, 0.5) is 10.2 Å². The Morgan fingerprint density at radius 3 is 2.73 bits per heavy atom. The zero-order valence-electron chi connectivity index (χ0n) is 11.8. The molecule has 22 heavy (non-hydrogen) atoms. The standard InChI is InChI=1S/C15H14Br2FN3O/c1-21(8-10-2-4-12(18)6-13(10)17)9-15(22)20-14-5-3-11(16)7-19-14/h2-7H,8-9H2,1H3,(H,19,20,22). The molecule has 4 nitrogen and oxygen atoms in total. The molecule has 0 unspecified atom stereocenters. The summed E-state index contributed by atoms with van der Waals surface area (Å²) in [6.07, 6.45) is 1.62. The van der Waals surface area contributed by atoms with Crippen LogP contribution in [0.2, 0.25) is 0 Å². The highest BCUT2D eigenvalue weighted by Crippen LogP contribution is 2.19. The molecule has 2 rings (SSSR count). The third-order valence-electron chi connectivity index (χ3n) is 2.86. The van der Waals surface area contributed by atoms with Crippen LogP contribution in [0.15, 0.2) is 45.5 Å². The lowest BCUT2D eigenvalue weighted by Crippen LogP contribution is -2.30. The van der Waals surface area contributed by atoms with Crippen LogP contribution < -0.4 is 5.32 Å². The van der Waals surface area contributed by atoms with Gasteiger partial charge in [-0.05, 0) is 52.8 Å². The summed E-state index contributed by atoms with van der Waals surface area (Å²) in [5.41, 5.74) is 0.915. The molecule has 0 fully saturated rings. The van der Waals surface area contributed by atoms with Gasteiger partial charge in [0.2, 0.25) is 5.91 Å². The Labute approximate surface area is 145 Å². The maximum Gasteiger partial charge on any atom is 0.239 e. The molecule has 0 aliphatic rings. The number of hydrogen-bond acceptors (Lipinski definition) is 3. The van der Waals surface area contributed by atoms with E-state index in [1.165, 1.54) is 12.1 Å². The van der Waals surface area contributed by atoms with Gasteiger partial charge in [-0.15, -0.1) is 0 Å². The Kier molecular flexibility index (Phi) is 6.05. The fraction of sp³-hybridized carbons (Fsp3) is 0.200. The Bertz CT molecular complexity index is 664. The van der Waals surface area contributed by atoms with E-state index in [1.54, 1.807) is 18.3 Å². The fourth-order valence-electron chi connectivity index (χ4n) is 1.87. The minimum Gasteiger partial charge on any atom is -0.310 e. The average Bonchev–Trinajstić information content (AvgIpc) is 2.44. The summed E-state index contributed by atoms with van der Waals surface area (Å²) in [5, 5.41) is 2.73. The van der Waals surface area contributed by atoms with Crippen molar-refractivity contribution in [2.24, 2.45) is 0 Å². The first-order valence-corrected chi connectivity index (χ1v) is 8.06. The van der Waals surface area contributed by atoms with Gasteiger partial charge in [-0.3, -0.25) is 9.69 Å². The third kappa shape index (κ3) is 5.15. The zero-order valence-corrected chi connectivity index (χ0v) is 15.0. The Hall–Kier alpha value is -1.31. The highest BCUT2D eigenvalue weighted by atomic mass is 79.9. The molecule has 0 saturated heterocycles. The van der Waals surface area contributed by atoms with Gasteiger partial charge >= 0.3 is 0 Å². The van der Waals surface area contributed by atoms with Crippen molar-refractivity contribution in [2.45, 2.75) is 6.54 Å². The van der Waals surface area contributed by atoms with E-state index in [0.717, 1.165) is 10.0 Å². The van der Waals surface area contributed by atoms with Crippen LogP contribution in [0.1, 0.15) is 5.56 Å². The smallest absolute Gasteiger partial charge is 0.239 e. The van der Waals surface area contributed by atoms with Gasteiger partial charge in [-0.25, -0.2) is 9.37 Å². The van der Waals surface area contributed by atoms with E-state index in [1.807, 2.05) is 18.0 Å². The molecule has 116 valence electrons. The molecular weight excluding hydrogens is 417 g/mol. The van der Waals surface area contributed by atoms with E-state index < -0.39 is 0 Å². The number of nitrogens with one attached hydrogen (secondary N) is 1. The van der Waals surface area contributed by atoms with Crippen molar-refractivity contribution in [3.63, 3.8) is 0 Å². The summed E-state index contributed by atoms with van der Waals surface area (Å²) in [5.74, 6) is 0.0532. The molecule has 2 aromatic rings. The molecule has 0 saturated carbocycles. The quantitative estimate of drug-likeness (QED) is 0.784. The number of halogens is 3. The van der Waals surface area contributed by atoms with Gasteiger partial charge in [-0.1, -0.05) is 22.0 Å². The predicted octanol–water partition coefficient (Wildman–Crippen LogP) is 3.82. The average molecular weight is 431 g/mol. The molecule has 0 bridgehead atoms. The zero-order chi connectivity index (χ0) is 16.1. The molecular formula is C15H14Br2FN3O. The van der Waals surface area contributed by atoms with Gasteiger partial charge < -0.3 is 5.32 Å². The monoisotopic (exact) mass is 429 g/mol. The maximum absolute atomic E-state index is 13.0. The summed E-state index contributed by atoms with van der Waals surface area (Å²) < 4.78 is 14.6. The van der Waals surface area contributed by atoms with Crippen molar-refractivity contribution in [1.82, 2.24) is 9.88 Å². The van der Waals surface area contributed by atoms with Crippen molar-refractivity contribution in [1.29, 1.82) is 0 Å². The minimum atomic E-state index is -0.294. The summed E-state index contributed by atoms with van der Waals surface area (Å²) in [6, 6.07) is 8.04. The molecule has 0 radical (unpaired) electrons. The maximum atomic E-state index is 13.0. The van der Waals surface area contributed by atoms with Crippen molar-refractivity contribution >= 4 is 43.6 Å². The van der Waals surface area contributed by atoms with Gasteiger partial charge in [0.15, 0.2) is 0 Å². The highest BCUT2D eigenvalue weighted by Gasteiger charge is 2.10. The van der Waals surface area contributed by atoms with E-state index in [9.17, 15) is 9.18 Å². The SMILES string of the molecule is CN(CC(=O)Nc1ccc(Br)cn1)Cc1ccc(F)cc1Br. The summed E-state index contributed by atoms with van der Waals surface area (Å²) in [4.78, 5) is 17.9. The van der Waals surface area contributed by atoms with E-state index in [-0.39, 0.29) is 18.3 Å². The molecule has 1 amide bonds. The van der Waals surface area contributed by atoms with Crippen LogP contribution in [-0.2, 0) is 11.3 Å². The van der Waals surface area contributed by atoms with Crippen molar-refractivity contribution in [2.75, 3.05) is 18.9 Å². The topological polar surface area (TPSA) is 45.2 Å². The third-order valence-corrected chi connectivity index (χ3v) is 4.07. The van der Waals surface area contributed by atoms with Gasteiger partial charge in [0.1, 0.15) is 11.6 Å². The molecule has 0 atom stereocenters. The number of amides is 1. The lowest BCUT2D eigenvalue weighted by atomic mass is 10.2. The van der Waals surface area contributed by atoms with Crippen molar-refractivity contribution < 1.29 is 9.18 Å². The number of aromatic nitrogens is 1. The highest BCUT2D eigenvalue weighted by molar-refractivity contribution is 9.10. The predicted molar refractivity (Wildman–Crippen MR) is 91.0 cm³/mol. The van der Waals surface area contributed by atoms with E-state index in [4.69, 9.17) is 0 Å². The molecule has 7 heteroatoms. The van der Waals surface area contributed by atoms with E-state index in [2.05, 4.69) is 42.2 Å². The summed E-state index contributed by atoms with van der Waals surface area (Å²) >= 11 is 6.61. The number of carbonyl (C=O) groups is 1. The van der Waals surface area contributed by atoms with Gasteiger partial charge in [0, 0.05) is 21.7 Å². The molecule has 1 heterocycles. The van der Waals surface area contributed by atoms with Crippen LogP contribution in [-0.4, -0.2) is 29.4 Å². The molecule has 0 aliphatic carbocycles. The summed E-state index contributed by atoms with van der Waals surface area (Å²) in [6.45, 7) is 0.740. The first-order chi connectivity index (χ1) is 10.4. The lowest BCUT2D eigenvalue weighted by molar-refractivity contribution is -0.117. The Balaban J connectivity index is 1.89. The number of anilines is 1. The second kappa shape index (κ2) is 7.80. The number of benzene rings is 1. The van der Waals surface area contributed by atoms with Gasteiger partial charge in [-0.2, -0.15) is 0 Å². The minimum absolute atomic E-state index is 0.157. The van der Waals surface area contributed by atoms with Crippen molar-refractivity contribution in [3.05, 3.63) is 56.9 Å². The number of pyridine rings is 1. The van der Waals surface area contributed by atoms with E-state index in [0.29, 0.717) is 16.8 Å². The second-order valence-electron chi connectivity index (χ2n) is 4.82. The largest absolute Gasteiger partial charge is 0.310 e. The Morgan fingerprint density at radius 2 is 2.09 bits per heavy atom. The second-order valence-corrected chi connectivity index (χ2v) is 6.59. The normalized spacial score (nSPS) is 10.8. The van der Waals surface area contributed by atoms with Crippen LogP contribution in [0.3, 0.4) is 0 Å². The lowest BCUT2D eigenvalue weighted by Gasteiger charge is -2.17. The molecule has 1 aromatic heterocycles. The van der Waals surface area contributed by atoms with Crippen LogP contribution in [0.5, 0.6) is 0 Å². The molecule has 0 spiro atoms. The van der Waals surface area contributed by atoms with Gasteiger partial charge in [0.05, 0.1) is 6.54 Å². The van der Waals surface area contributed by atoms with Crippen LogP contribution >= 0.6 is 31.9 Å². The molecule has 1 N–H and O–H groups in total.